The second kappa shape index (κ2) is 21.9. The number of hydrogen-bond donors (Lipinski definition) is 17. The Balaban J connectivity index is 1.18. The predicted molar refractivity (Wildman–Crippen MR) is 194 cm³/mol. The molecule has 22 aliphatic rings. The first-order chi connectivity index (χ1) is 31.0. The van der Waals surface area contributed by atoms with E-state index in [-0.39, 0.29) is 0 Å². The van der Waals surface area contributed by atoms with E-state index in [1.807, 2.05) is 0 Å². The molecule has 22 saturated heterocycles. The SMILES string of the molecule is OCC1O[C@H]2C[C@@H](O)[C@@H]1O[C@H]1OC(CO)[C@@H](O[C@H]3OC(CO)[C@@H](O[C@H]4OC(CO)[C@@H](O[C@H]5OC(CO)[C@@H](O[C@H]6OC(CO)[C@@H](O2)[C@H](O)C6O)[C@H](O)C5O)[C@H](O)C4O)[C@H](O)C3O)[C@H](O)C1O. The number of aliphatic hydroxyl groups excluding tert-OH is 17. The summed E-state index contributed by atoms with van der Waals surface area (Å²) in [6.45, 7) is -5.67. The number of rotatable bonds is 6. The number of ether oxygens (including phenoxy) is 12. The smallest absolute Gasteiger partial charge is 0.187 e. The molecule has 378 valence electrons. The molecule has 0 spiro atoms. The molecule has 29 atom stereocenters. The number of hydrogen-bond acceptors (Lipinski definition) is 29. The quantitative estimate of drug-likeness (QED) is 0.118. The molecule has 0 aromatic heterocycles. The minimum absolute atomic E-state index is 0.497. The highest BCUT2D eigenvalue weighted by atomic mass is 16.8. The van der Waals surface area contributed by atoms with Crippen LogP contribution in [0.2, 0.25) is 0 Å². The zero-order valence-corrected chi connectivity index (χ0v) is 34.2. The van der Waals surface area contributed by atoms with Crippen molar-refractivity contribution >= 4 is 0 Å². The molecule has 12 bridgehead atoms. The van der Waals surface area contributed by atoms with Gasteiger partial charge in [-0.05, 0) is 0 Å². The second-order valence-corrected chi connectivity index (χ2v) is 16.7. The summed E-state index contributed by atoms with van der Waals surface area (Å²) in [6, 6.07) is 0. The third-order valence-electron chi connectivity index (χ3n) is 12.6. The summed E-state index contributed by atoms with van der Waals surface area (Å²) in [6.07, 6.45) is -54.0. The average molecular weight is 957 g/mol. The first kappa shape index (κ1) is 51.7. The van der Waals surface area contributed by atoms with Crippen molar-refractivity contribution < 1.29 is 144 Å². The molecule has 22 fully saturated rings. The van der Waals surface area contributed by atoms with Crippen molar-refractivity contribution in [3.05, 3.63) is 0 Å². The van der Waals surface area contributed by atoms with E-state index < -0.39 is 224 Å². The summed E-state index contributed by atoms with van der Waals surface area (Å²) < 4.78 is 68.4. The fraction of sp³-hybridized carbons (Fsp3) is 1.00. The largest absolute Gasteiger partial charge is 0.394 e. The van der Waals surface area contributed by atoms with E-state index in [2.05, 4.69) is 0 Å². The van der Waals surface area contributed by atoms with Gasteiger partial charge in [0.05, 0.1) is 45.7 Å². The Morgan fingerprint density at radius 1 is 0.246 bits per heavy atom. The Hall–Kier alpha value is -1.16. The van der Waals surface area contributed by atoms with E-state index >= 15 is 0 Å². The van der Waals surface area contributed by atoms with E-state index in [0.29, 0.717) is 0 Å². The van der Waals surface area contributed by atoms with Gasteiger partial charge in [-0.2, -0.15) is 0 Å². The molecule has 22 rings (SSSR count). The highest BCUT2D eigenvalue weighted by molar-refractivity contribution is 5.00. The Labute approximate surface area is 367 Å². The van der Waals surface area contributed by atoms with Crippen LogP contribution in [-0.4, -0.2) is 305 Å². The Morgan fingerprint density at radius 3 is 0.708 bits per heavy atom. The summed E-state index contributed by atoms with van der Waals surface area (Å²) in [5.74, 6) is 0. The van der Waals surface area contributed by atoms with Crippen LogP contribution in [0.15, 0.2) is 0 Å². The minimum atomic E-state index is -2.13. The van der Waals surface area contributed by atoms with Crippen molar-refractivity contribution in [2.24, 2.45) is 0 Å². The molecule has 0 radical (unpaired) electrons. The maximum absolute atomic E-state index is 11.2. The lowest BCUT2D eigenvalue weighted by atomic mass is 9.95. The zero-order valence-electron chi connectivity index (χ0n) is 34.2. The normalized spacial score (nSPS) is 54.9. The van der Waals surface area contributed by atoms with Crippen molar-refractivity contribution in [3.8, 4) is 0 Å². The molecule has 0 aromatic carbocycles. The summed E-state index contributed by atoms with van der Waals surface area (Å²) in [5.41, 5.74) is 0. The summed E-state index contributed by atoms with van der Waals surface area (Å²) in [5, 5.41) is 184. The average Bonchev–Trinajstić information content (AvgIpc) is 3.30. The molecule has 29 heteroatoms. The lowest BCUT2D eigenvalue weighted by molar-refractivity contribution is -0.400. The van der Waals surface area contributed by atoms with Crippen molar-refractivity contribution in [2.75, 3.05) is 39.6 Å². The van der Waals surface area contributed by atoms with Crippen molar-refractivity contribution in [2.45, 2.75) is 185 Å². The molecule has 17 N–H and O–H groups in total. The lowest BCUT2D eigenvalue weighted by Crippen LogP contribution is -2.68. The van der Waals surface area contributed by atoms with Gasteiger partial charge in [0.1, 0.15) is 134 Å². The van der Waals surface area contributed by atoms with Crippen LogP contribution in [0.25, 0.3) is 0 Å². The fourth-order valence-corrected chi connectivity index (χ4v) is 8.93. The van der Waals surface area contributed by atoms with Gasteiger partial charge < -0.3 is 144 Å². The molecule has 11 unspecified atom stereocenters. The molecule has 0 aromatic rings. The standard InChI is InChI=1S/C36H60O29/c37-2-9-26-8(43)1-15(54-9)60-27-10(3-38)55-33(21(49)16(27)44)62-29-12(5-40)57-35(23(51)18(29)46)64-31-14(7-42)59-36(25(53)20(31)48)65-30-13(6-41)58-34(24(52)19(30)47)63-28-11(4-39)56-32(61-26)22(50)17(28)45/h8-53H,1-7H2/t8-,9?,10?,11?,12?,13?,14?,15-,16-,17-,18-,19-,20-,21?,22?,23?,24?,25?,26+,27-,28-,29-,30-,31-,32-,33-,34-,35-,36-/m1/s1. The maximum atomic E-state index is 11.2. The van der Waals surface area contributed by atoms with E-state index in [4.69, 9.17) is 56.8 Å². The van der Waals surface area contributed by atoms with Crippen LogP contribution in [0.3, 0.4) is 0 Å². The van der Waals surface area contributed by atoms with Crippen LogP contribution in [0, 0.1) is 0 Å². The second-order valence-electron chi connectivity index (χ2n) is 16.7. The van der Waals surface area contributed by atoms with Crippen LogP contribution in [0.5, 0.6) is 0 Å². The van der Waals surface area contributed by atoms with Gasteiger partial charge >= 0.3 is 0 Å². The fourth-order valence-electron chi connectivity index (χ4n) is 8.93. The van der Waals surface area contributed by atoms with Gasteiger partial charge in [0.15, 0.2) is 37.7 Å². The molecular weight excluding hydrogens is 896 g/mol. The van der Waals surface area contributed by atoms with Crippen LogP contribution in [0.1, 0.15) is 6.42 Å². The molecule has 22 heterocycles. The van der Waals surface area contributed by atoms with Gasteiger partial charge in [-0.25, -0.2) is 0 Å². The summed E-state index contributed by atoms with van der Waals surface area (Å²) in [7, 11) is 0. The summed E-state index contributed by atoms with van der Waals surface area (Å²) >= 11 is 0. The van der Waals surface area contributed by atoms with Crippen LogP contribution < -0.4 is 0 Å². The first-order valence-electron chi connectivity index (χ1n) is 21.0. The van der Waals surface area contributed by atoms with Crippen LogP contribution >= 0.6 is 0 Å². The Kier molecular flexibility index (Phi) is 17.4. The molecule has 22 aliphatic heterocycles. The maximum Gasteiger partial charge on any atom is 0.187 e. The lowest BCUT2D eigenvalue weighted by Gasteiger charge is -2.50. The molecular formula is C36H60O29. The van der Waals surface area contributed by atoms with Gasteiger partial charge in [-0.1, -0.05) is 0 Å². The molecule has 0 aliphatic carbocycles. The monoisotopic (exact) mass is 956 g/mol. The Bertz CT molecular complexity index is 1480. The molecule has 0 amide bonds. The molecule has 0 saturated carbocycles. The van der Waals surface area contributed by atoms with Crippen LogP contribution in [0.4, 0.5) is 0 Å². The highest BCUT2D eigenvalue weighted by Gasteiger charge is 2.58. The van der Waals surface area contributed by atoms with Gasteiger partial charge in [0.25, 0.3) is 0 Å². The van der Waals surface area contributed by atoms with E-state index in [1.54, 1.807) is 0 Å². The number of aliphatic hydroxyl groups is 17. The zero-order chi connectivity index (χ0) is 47.2. The minimum Gasteiger partial charge on any atom is -0.394 e. The van der Waals surface area contributed by atoms with E-state index in [0.717, 1.165) is 0 Å². The Morgan fingerprint density at radius 2 is 0.462 bits per heavy atom. The van der Waals surface area contributed by atoms with Gasteiger partial charge in [0.2, 0.25) is 0 Å². The van der Waals surface area contributed by atoms with Gasteiger partial charge in [-0.3, -0.25) is 0 Å². The molecule has 65 heavy (non-hydrogen) atoms. The van der Waals surface area contributed by atoms with E-state index in [1.165, 1.54) is 0 Å². The molecule has 29 nitrogen and oxygen atoms in total. The van der Waals surface area contributed by atoms with Crippen molar-refractivity contribution in [1.29, 1.82) is 0 Å². The van der Waals surface area contributed by atoms with Crippen molar-refractivity contribution in [3.63, 3.8) is 0 Å². The highest BCUT2D eigenvalue weighted by Crippen LogP contribution is 2.38. The van der Waals surface area contributed by atoms with Gasteiger partial charge in [-0.15, -0.1) is 0 Å². The predicted octanol–water partition coefficient (Wildman–Crippen LogP) is -12.0. The van der Waals surface area contributed by atoms with E-state index in [9.17, 15) is 86.8 Å². The third kappa shape index (κ3) is 10.2. The van der Waals surface area contributed by atoms with Crippen LogP contribution in [-0.2, 0) is 56.8 Å². The topological polar surface area (TPSA) is 455 Å². The van der Waals surface area contributed by atoms with Gasteiger partial charge in [0, 0.05) is 6.42 Å². The third-order valence-corrected chi connectivity index (χ3v) is 12.6. The first-order valence-corrected chi connectivity index (χ1v) is 21.0. The van der Waals surface area contributed by atoms with Crippen molar-refractivity contribution in [1.82, 2.24) is 0 Å². The summed E-state index contributed by atoms with van der Waals surface area (Å²) in [4.78, 5) is 0.